The van der Waals surface area contributed by atoms with Gasteiger partial charge in [-0.2, -0.15) is 0 Å². The van der Waals surface area contributed by atoms with Gasteiger partial charge in [-0.05, 0) is 25.8 Å². The summed E-state index contributed by atoms with van der Waals surface area (Å²) in [6.45, 7) is 4.12. The van der Waals surface area contributed by atoms with Gasteiger partial charge in [0.05, 0.1) is 29.9 Å². The molecule has 0 N–H and O–H groups in total. The zero-order valence-corrected chi connectivity index (χ0v) is 13.9. The molecule has 7 heteroatoms. The molecule has 0 saturated carbocycles. The van der Waals surface area contributed by atoms with Crippen LogP contribution in [0.2, 0.25) is 0 Å². The van der Waals surface area contributed by atoms with E-state index in [0.29, 0.717) is 12.6 Å². The van der Waals surface area contributed by atoms with Crippen molar-refractivity contribution >= 4 is 17.3 Å². The van der Waals surface area contributed by atoms with E-state index in [0.717, 1.165) is 42.6 Å². The predicted molar refractivity (Wildman–Crippen MR) is 87.6 cm³/mol. The highest BCUT2D eigenvalue weighted by Gasteiger charge is 2.45. The predicted octanol–water partition coefficient (Wildman–Crippen LogP) is 2.19. The number of hydrogen-bond donors (Lipinski definition) is 0. The van der Waals surface area contributed by atoms with Gasteiger partial charge in [0.15, 0.2) is 0 Å². The molecular weight excluding hydrogens is 312 g/mol. The topological polar surface area (TPSA) is 60.4 Å². The molecule has 122 valence electrons. The molecule has 0 unspecified atom stereocenters. The molecular formula is C16H20N4O2S. The van der Waals surface area contributed by atoms with Crippen LogP contribution in [0.5, 0.6) is 0 Å². The number of rotatable bonds is 4. The molecule has 2 aliphatic heterocycles. The maximum Gasteiger partial charge on any atom is 0.225 e. The lowest BCUT2D eigenvalue weighted by Crippen LogP contribution is -2.42. The van der Waals surface area contributed by atoms with E-state index in [-0.39, 0.29) is 12.2 Å². The van der Waals surface area contributed by atoms with Crippen LogP contribution in [0, 0.1) is 6.92 Å². The van der Waals surface area contributed by atoms with Gasteiger partial charge in [-0.1, -0.05) is 0 Å². The first-order chi connectivity index (χ1) is 11.3. The van der Waals surface area contributed by atoms with Gasteiger partial charge < -0.3 is 14.4 Å². The molecule has 2 aromatic heterocycles. The Kier molecular flexibility index (Phi) is 4.24. The highest BCUT2D eigenvalue weighted by molar-refractivity contribution is 7.09. The fourth-order valence-corrected chi connectivity index (χ4v) is 3.99. The van der Waals surface area contributed by atoms with Crippen molar-refractivity contribution in [2.45, 2.75) is 44.6 Å². The Morgan fingerprint density at radius 3 is 3.04 bits per heavy atom. The minimum absolute atomic E-state index is 0.0334. The van der Waals surface area contributed by atoms with Crippen molar-refractivity contribution in [3.05, 3.63) is 34.5 Å². The van der Waals surface area contributed by atoms with Gasteiger partial charge in [-0.3, -0.25) is 0 Å². The second kappa shape index (κ2) is 6.51. The van der Waals surface area contributed by atoms with Crippen molar-refractivity contribution in [1.29, 1.82) is 0 Å². The Hall–Kier alpha value is -1.57. The summed E-state index contributed by atoms with van der Waals surface area (Å²) in [7, 11) is 0. The summed E-state index contributed by atoms with van der Waals surface area (Å²) in [4.78, 5) is 15.5. The van der Waals surface area contributed by atoms with E-state index in [9.17, 15) is 0 Å². The van der Waals surface area contributed by atoms with Gasteiger partial charge in [-0.15, -0.1) is 11.3 Å². The molecule has 23 heavy (non-hydrogen) atoms. The molecule has 0 aromatic carbocycles. The van der Waals surface area contributed by atoms with Crippen molar-refractivity contribution in [2.75, 3.05) is 18.1 Å². The molecule has 4 heterocycles. The summed E-state index contributed by atoms with van der Waals surface area (Å²) in [6, 6.07) is 2.14. The first-order valence-electron chi connectivity index (χ1n) is 7.99. The van der Waals surface area contributed by atoms with Crippen LogP contribution in [-0.2, 0) is 16.1 Å². The second-order valence-corrected chi connectivity index (χ2v) is 7.02. The Morgan fingerprint density at radius 1 is 1.39 bits per heavy atom. The molecule has 0 aliphatic carbocycles. The van der Waals surface area contributed by atoms with Crippen LogP contribution in [0.1, 0.15) is 23.5 Å². The van der Waals surface area contributed by atoms with Crippen LogP contribution in [0.25, 0.3) is 0 Å². The van der Waals surface area contributed by atoms with E-state index >= 15 is 0 Å². The highest BCUT2D eigenvalue weighted by Crippen LogP contribution is 2.33. The molecule has 0 amide bonds. The number of thiazole rings is 1. The third-order valence-electron chi connectivity index (χ3n) is 4.40. The number of fused-ring (bicyclic) bond motifs is 1. The van der Waals surface area contributed by atoms with Crippen LogP contribution in [0.3, 0.4) is 0 Å². The number of anilines is 1. The van der Waals surface area contributed by atoms with Gasteiger partial charge in [0.1, 0.15) is 12.2 Å². The van der Waals surface area contributed by atoms with Crippen molar-refractivity contribution in [1.82, 2.24) is 15.0 Å². The van der Waals surface area contributed by atoms with E-state index < -0.39 is 0 Å². The van der Waals surface area contributed by atoms with Crippen LogP contribution in [0.4, 0.5) is 5.95 Å². The van der Waals surface area contributed by atoms with E-state index in [1.807, 2.05) is 13.0 Å². The quantitative estimate of drug-likeness (QED) is 0.855. The number of nitrogens with zero attached hydrogens (tertiary/aromatic N) is 4. The van der Waals surface area contributed by atoms with Gasteiger partial charge in [0.2, 0.25) is 5.95 Å². The van der Waals surface area contributed by atoms with Crippen molar-refractivity contribution in [3.8, 4) is 0 Å². The zero-order chi connectivity index (χ0) is 15.6. The van der Waals surface area contributed by atoms with Crippen molar-refractivity contribution < 1.29 is 9.47 Å². The minimum atomic E-state index is 0.0334. The minimum Gasteiger partial charge on any atom is -0.373 e. The number of aromatic nitrogens is 3. The highest BCUT2D eigenvalue weighted by atomic mass is 32.1. The van der Waals surface area contributed by atoms with E-state index in [4.69, 9.17) is 9.47 Å². The molecule has 0 spiro atoms. The van der Waals surface area contributed by atoms with E-state index in [1.165, 1.54) is 0 Å². The third kappa shape index (κ3) is 3.08. The molecule has 6 nitrogen and oxygen atoms in total. The molecule has 4 rings (SSSR count). The monoisotopic (exact) mass is 332 g/mol. The molecule has 3 atom stereocenters. The van der Waals surface area contributed by atoms with Crippen LogP contribution < -0.4 is 4.90 Å². The Balaban J connectivity index is 1.49. The number of hydrogen-bond acceptors (Lipinski definition) is 7. The molecule has 2 fully saturated rings. The van der Waals surface area contributed by atoms with Crippen molar-refractivity contribution in [2.24, 2.45) is 0 Å². The van der Waals surface area contributed by atoms with Gasteiger partial charge in [-0.25, -0.2) is 15.0 Å². The Morgan fingerprint density at radius 2 is 2.26 bits per heavy atom. The lowest BCUT2D eigenvalue weighted by Gasteiger charge is -2.32. The van der Waals surface area contributed by atoms with E-state index in [1.54, 1.807) is 23.7 Å². The summed E-state index contributed by atoms with van der Waals surface area (Å²) in [5.41, 5.74) is 0.995. The normalized spacial score (nSPS) is 27.2. The lowest BCUT2D eigenvalue weighted by atomic mass is 10.0. The van der Waals surface area contributed by atoms with Gasteiger partial charge >= 0.3 is 0 Å². The van der Waals surface area contributed by atoms with E-state index in [2.05, 4.69) is 25.2 Å². The summed E-state index contributed by atoms with van der Waals surface area (Å²) in [6.07, 6.45) is 5.86. The summed E-state index contributed by atoms with van der Waals surface area (Å²) >= 11 is 1.65. The van der Waals surface area contributed by atoms with Crippen LogP contribution >= 0.6 is 11.3 Å². The van der Waals surface area contributed by atoms with Crippen LogP contribution in [0.15, 0.2) is 23.8 Å². The average Bonchev–Trinajstić information content (AvgIpc) is 3.17. The average molecular weight is 332 g/mol. The number of ether oxygens (including phenoxy) is 2. The molecule has 2 aromatic rings. The Bertz CT molecular complexity index is 651. The number of aryl methyl sites for hydroxylation is 1. The van der Waals surface area contributed by atoms with Crippen molar-refractivity contribution in [3.63, 3.8) is 0 Å². The fraction of sp³-hybridized carbons (Fsp3) is 0.562. The molecule has 0 radical (unpaired) electrons. The largest absolute Gasteiger partial charge is 0.373 e. The maximum absolute atomic E-state index is 6.15. The molecule has 2 aliphatic rings. The van der Waals surface area contributed by atoms with Crippen LogP contribution in [-0.4, -0.2) is 46.4 Å². The second-order valence-electron chi connectivity index (χ2n) is 5.95. The fourth-order valence-electron chi connectivity index (χ4n) is 3.39. The summed E-state index contributed by atoms with van der Waals surface area (Å²) < 4.78 is 12.2. The van der Waals surface area contributed by atoms with Gasteiger partial charge in [0.25, 0.3) is 0 Å². The zero-order valence-electron chi connectivity index (χ0n) is 13.1. The SMILES string of the molecule is Cc1nc(CO[C@@H]2CN(c3ncccn3)[C@H]3CCCO[C@@H]23)cs1. The molecule has 2 saturated heterocycles. The molecule has 0 bridgehead atoms. The Labute approximate surface area is 139 Å². The third-order valence-corrected chi connectivity index (χ3v) is 5.22. The maximum atomic E-state index is 6.15. The smallest absolute Gasteiger partial charge is 0.225 e. The summed E-state index contributed by atoms with van der Waals surface area (Å²) in [5, 5.41) is 3.13. The first-order valence-corrected chi connectivity index (χ1v) is 8.87. The first kappa shape index (κ1) is 15.0. The summed E-state index contributed by atoms with van der Waals surface area (Å²) in [5.74, 6) is 0.767. The standard InChI is InChI=1S/C16H20N4O2S/c1-11-19-12(10-23-11)9-22-14-8-20(16-17-5-3-6-18-16)13-4-2-7-21-15(13)14/h3,5-6,10,13-15H,2,4,7-9H2,1H3/t13-,14+,15+/m0/s1. The lowest BCUT2D eigenvalue weighted by molar-refractivity contribution is -0.0789. The van der Waals surface area contributed by atoms with Gasteiger partial charge in [0, 0.05) is 24.4 Å².